The Morgan fingerprint density at radius 1 is 1.23 bits per heavy atom. The summed E-state index contributed by atoms with van der Waals surface area (Å²) >= 11 is 0. The number of anilines is 3. The van der Waals surface area contributed by atoms with E-state index in [-0.39, 0.29) is 23.3 Å². The molecule has 0 spiro atoms. The highest BCUT2D eigenvalue weighted by atomic mass is 32.2. The van der Waals surface area contributed by atoms with Gasteiger partial charge in [0.2, 0.25) is 5.95 Å². The first-order valence-corrected chi connectivity index (χ1v) is 10.2. The van der Waals surface area contributed by atoms with Crippen molar-refractivity contribution in [2.24, 2.45) is 0 Å². The first-order valence-electron chi connectivity index (χ1n) is 8.40. The first kappa shape index (κ1) is 18.3. The third kappa shape index (κ3) is 4.19. The van der Waals surface area contributed by atoms with Crippen LogP contribution in [0.3, 0.4) is 0 Å². The smallest absolute Gasteiger partial charge is 0.227 e. The summed E-state index contributed by atoms with van der Waals surface area (Å²) in [5, 5.41) is 3.21. The Bertz CT molecular complexity index is 926. The van der Waals surface area contributed by atoms with Gasteiger partial charge in [0.25, 0.3) is 0 Å². The van der Waals surface area contributed by atoms with E-state index in [1.165, 1.54) is 6.92 Å². The number of Topliss-reactive ketones (excluding diaryl/α,β-unsaturated/α-hetero) is 1. The molecule has 2 heterocycles. The van der Waals surface area contributed by atoms with E-state index >= 15 is 0 Å². The molecule has 1 aliphatic rings. The highest BCUT2D eigenvalue weighted by Crippen LogP contribution is 2.23. The molecule has 1 aliphatic heterocycles. The molecule has 0 radical (unpaired) electrons. The highest BCUT2D eigenvalue weighted by molar-refractivity contribution is 7.91. The lowest BCUT2D eigenvalue weighted by atomic mass is 10.1. The van der Waals surface area contributed by atoms with Gasteiger partial charge in [0.1, 0.15) is 5.82 Å². The number of aromatic nitrogens is 2. The largest absolute Gasteiger partial charge is 0.340 e. The lowest BCUT2D eigenvalue weighted by Crippen LogP contribution is -2.34. The Morgan fingerprint density at radius 2 is 1.92 bits per heavy atom. The number of benzene rings is 1. The van der Waals surface area contributed by atoms with Gasteiger partial charge < -0.3 is 10.2 Å². The van der Waals surface area contributed by atoms with E-state index in [4.69, 9.17) is 0 Å². The molecular weight excluding hydrogens is 352 g/mol. The molecule has 1 N–H and O–H groups in total. The molecule has 26 heavy (non-hydrogen) atoms. The Morgan fingerprint density at radius 3 is 2.50 bits per heavy atom. The summed E-state index contributed by atoms with van der Waals surface area (Å²) in [5.74, 6) is 1.48. The number of sulfone groups is 1. The van der Waals surface area contributed by atoms with Gasteiger partial charge in [0.15, 0.2) is 15.6 Å². The van der Waals surface area contributed by atoms with Crippen LogP contribution >= 0.6 is 0 Å². The van der Waals surface area contributed by atoms with Gasteiger partial charge in [0.05, 0.1) is 11.5 Å². The predicted octanol–water partition coefficient (Wildman–Crippen LogP) is 2.35. The second kappa shape index (κ2) is 7.03. The zero-order valence-corrected chi connectivity index (χ0v) is 15.9. The fraction of sp³-hybridized carbons (Fsp3) is 0.389. The maximum absolute atomic E-state index is 11.7. The maximum atomic E-state index is 11.7. The molecule has 0 aliphatic carbocycles. The van der Waals surface area contributed by atoms with Crippen LogP contribution in [0.1, 0.15) is 29.4 Å². The minimum atomic E-state index is -2.97. The minimum absolute atomic E-state index is 0.0184. The Labute approximate surface area is 153 Å². The van der Waals surface area contributed by atoms with Gasteiger partial charge in [-0.2, -0.15) is 4.98 Å². The highest BCUT2D eigenvalue weighted by Gasteiger charge is 2.31. The van der Waals surface area contributed by atoms with E-state index in [1.807, 2.05) is 37.1 Å². The van der Waals surface area contributed by atoms with Crippen molar-refractivity contribution >= 4 is 33.1 Å². The fourth-order valence-corrected chi connectivity index (χ4v) is 4.73. The minimum Gasteiger partial charge on any atom is -0.340 e. The second-order valence-electron chi connectivity index (χ2n) is 6.62. The van der Waals surface area contributed by atoms with Gasteiger partial charge in [-0.1, -0.05) is 0 Å². The van der Waals surface area contributed by atoms with Crippen LogP contribution < -0.4 is 10.2 Å². The summed E-state index contributed by atoms with van der Waals surface area (Å²) in [5.41, 5.74) is 2.24. The van der Waals surface area contributed by atoms with E-state index in [1.54, 1.807) is 12.1 Å². The molecular formula is C18H22N4O3S. The van der Waals surface area contributed by atoms with Crippen LogP contribution in [-0.4, -0.2) is 48.8 Å². The van der Waals surface area contributed by atoms with Crippen LogP contribution in [0, 0.1) is 6.92 Å². The van der Waals surface area contributed by atoms with Crippen molar-refractivity contribution in [3.8, 4) is 0 Å². The van der Waals surface area contributed by atoms with E-state index < -0.39 is 9.84 Å². The van der Waals surface area contributed by atoms with Crippen molar-refractivity contribution in [1.82, 2.24) is 9.97 Å². The number of nitrogens with zero attached hydrogens (tertiary/aromatic N) is 3. The molecule has 8 heteroatoms. The summed E-state index contributed by atoms with van der Waals surface area (Å²) in [7, 11) is -1.14. The summed E-state index contributed by atoms with van der Waals surface area (Å²) < 4.78 is 23.4. The topological polar surface area (TPSA) is 92.3 Å². The van der Waals surface area contributed by atoms with Crippen LogP contribution in [0.2, 0.25) is 0 Å². The summed E-state index contributed by atoms with van der Waals surface area (Å²) in [4.78, 5) is 22.2. The van der Waals surface area contributed by atoms with Crippen LogP contribution in [0.5, 0.6) is 0 Å². The molecule has 7 nitrogen and oxygen atoms in total. The molecule has 0 amide bonds. The standard InChI is InChI=1S/C18H22N4O3S/c1-12-10-17(20-15-6-4-14(5-7-15)13(2)23)21-18(19-12)22(3)16-8-9-26(24,25)11-16/h4-7,10,16H,8-9,11H2,1-3H3,(H,19,20,21). The number of nitrogens with one attached hydrogen (secondary N) is 1. The number of hydrogen-bond donors (Lipinski definition) is 1. The molecule has 3 rings (SSSR count). The van der Waals surface area contributed by atoms with Gasteiger partial charge in [-0.25, -0.2) is 13.4 Å². The number of carbonyl (C=O) groups is 1. The van der Waals surface area contributed by atoms with Gasteiger partial charge in [0, 0.05) is 36.1 Å². The first-order chi connectivity index (χ1) is 12.2. The average molecular weight is 374 g/mol. The van der Waals surface area contributed by atoms with Crippen molar-refractivity contribution in [1.29, 1.82) is 0 Å². The second-order valence-corrected chi connectivity index (χ2v) is 8.85. The van der Waals surface area contributed by atoms with Crippen molar-refractivity contribution in [2.75, 3.05) is 28.8 Å². The molecule has 2 aromatic rings. The van der Waals surface area contributed by atoms with Crippen molar-refractivity contribution in [3.05, 3.63) is 41.6 Å². The van der Waals surface area contributed by atoms with E-state index in [2.05, 4.69) is 15.3 Å². The third-order valence-corrected chi connectivity index (χ3v) is 6.23. The Balaban J connectivity index is 1.80. The molecule has 1 aromatic heterocycles. The van der Waals surface area contributed by atoms with Crippen LogP contribution in [0.25, 0.3) is 0 Å². The normalized spacial score (nSPS) is 18.5. The zero-order chi connectivity index (χ0) is 18.9. The average Bonchev–Trinajstić information content (AvgIpc) is 2.94. The van der Waals surface area contributed by atoms with Crippen molar-refractivity contribution in [3.63, 3.8) is 0 Å². The Hall–Kier alpha value is -2.48. The number of carbonyl (C=O) groups excluding carboxylic acids is 1. The lowest BCUT2D eigenvalue weighted by molar-refractivity contribution is 0.101. The molecule has 1 atom stereocenters. The van der Waals surface area contributed by atoms with Gasteiger partial charge in [-0.3, -0.25) is 4.79 Å². The van der Waals surface area contributed by atoms with Crippen LogP contribution in [-0.2, 0) is 9.84 Å². The Kier molecular flexibility index (Phi) is 4.95. The van der Waals surface area contributed by atoms with Crippen LogP contribution in [0.4, 0.5) is 17.5 Å². The molecule has 1 aromatic carbocycles. The fourth-order valence-electron chi connectivity index (χ4n) is 2.95. The number of hydrogen-bond acceptors (Lipinski definition) is 7. The van der Waals surface area contributed by atoms with Crippen molar-refractivity contribution in [2.45, 2.75) is 26.3 Å². The molecule has 1 saturated heterocycles. The summed E-state index contributed by atoms with van der Waals surface area (Å²) in [6.45, 7) is 3.40. The maximum Gasteiger partial charge on any atom is 0.227 e. The number of aryl methyl sites for hydroxylation is 1. The van der Waals surface area contributed by atoms with E-state index in [0.29, 0.717) is 23.8 Å². The quantitative estimate of drug-likeness (QED) is 0.803. The van der Waals surface area contributed by atoms with Gasteiger partial charge in [-0.15, -0.1) is 0 Å². The SMILES string of the molecule is CC(=O)c1ccc(Nc2cc(C)nc(N(C)C3CCS(=O)(=O)C3)n2)cc1. The van der Waals surface area contributed by atoms with Gasteiger partial charge >= 0.3 is 0 Å². The molecule has 1 unspecified atom stereocenters. The predicted molar refractivity (Wildman–Crippen MR) is 102 cm³/mol. The summed E-state index contributed by atoms with van der Waals surface area (Å²) in [6, 6.07) is 8.87. The van der Waals surface area contributed by atoms with Crippen molar-refractivity contribution < 1.29 is 13.2 Å². The van der Waals surface area contributed by atoms with E-state index in [9.17, 15) is 13.2 Å². The molecule has 138 valence electrons. The number of rotatable bonds is 5. The summed E-state index contributed by atoms with van der Waals surface area (Å²) in [6.07, 6.45) is 0.589. The monoisotopic (exact) mass is 374 g/mol. The molecule has 0 saturated carbocycles. The van der Waals surface area contributed by atoms with Crippen LogP contribution in [0.15, 0.2) is 30.3 Å². The van der Waals surface area contributed by atoms with Gasteiger partial charge in [-0.05, 0) is 44.5 Å². The van der Waals surface area contributed by atoms with E-state index in [0.717, 1.165) is 11.4 Å². The lowest BCUT2D eigenvalue weighted by Gasteiger charge is -2.24. The number of ketones is 1. The zero-order valence-electron chi connectivity index (χ0n) is 15.1. The third-order valence-electron chi connectivity index (χ3n) is 4.48. The molecule has 1 fully saturated rings. The molecule has 0 bridgehead atoms.